The van der Waals surface area contributed by atoms with Crippen molar-refractivity contribution in [3.05, 3.63) is 29.3 Å². The molecule has 1 aromatic rings. The van der Waals surface area contributed by atoms with Gasteiger partial charge in [-0.1, -0.05) is 44.7 Å². The van der Waals surface area contributed by atoms with Crippen LogP contribution in [0.2, 0.25) is 0 Å². The van der Waals surface area contributed by atoms with Crippen molar-refractivity contribution in [2.75, 3.05) is 5.73 Å². The van der Waals surface area contributed by atoms with Gasteiger partial charge in [0.05, 0.1) is 11.5 Å². The van der Waals surface area contributed by atoms with E-state index in [4.69, 9.17) is 5.73 Å². The zero-order valence-corrected chi connectivity index (χ0v) is 11.9. The average molecular weight is 303 g/mol. The standard InChI is InChI=1S/C15H20F3NO2/c1-2-3-4-5-7-11(14(20)21)10-8-6-9-12(13(10)19)15(16,17)18/h6,8-9,11H,2-5,7,19H2,1H3,(H,20,21). The largest absolute Gasteiger partial charge is 0.481 e. The zero-order valence-electron chi connectivity index (χ0n) is 11.9. The molecule has 0 spiro atoms. The highest BCUT2D eigenvalue weighted by atomic mass is 19.4. The minimum absolute atomic E-state index is 0.0498. The molecular weight excluding hydrogens is 283 g/mol. The van der Waals surface area contributed by atoms with Gasteiger partial charge in [-0.05, 0) is 18.1 Å². The molecule has 0 heterocycles. The Morgan fingerprint density at radius 2 is 1.95 bits per heavy atom. The molecule has 3 N–H and O–H groups in total. The summed E-state index contributed by atoms with van der Waals surface area (Å²) in [6.45, 7) is 2.03. The molecule has 1 aromatic carbocycles. The molecule has 6 heteroatoms. The van der Waals surface area contributed by atoms with Crippen LogP contribution < -0.4 is 5.73 Å². The summed E-state index contributed by atoms with van der Waals surface area (Å²) in [5.41, 5.74) is 4.15. The van der Waals surface area contributed by atoms with Gasteiger partial charge in [-0.25, -0.2) is 0 Å². The summed E-state index contributed by atoms with van der Waals surface area (Å²) < 4.78 is 38.5. The van der Waals surface area contributed by atoms with Crippen molar-refractivity contribution in [1.82, 2.24) is 0 Å². The van der Waals surface area contributed by atoms with E-state index >= 15 is 0 Å². The highest BCUT2D eigenvalue weighted by molar-refractivity contribution is 5.79. The Morgan fingerprint density at radius 1 is 1.29 bits per heavy atom. The maximum absolute atomic E-state index is 12.8. The molecule has 118 valence electrons. The summed E-state index contributed by atoms with van der Waals surface area (Å²) >= 11 is 0. The number of carbonyl (C=O) groups is 1. The number of carboxylic acids is 1. The minimum atomic E-state index is -4.58. The van der Waals surface area contributed by atoms with Crippen LogP contribution >= 0.6 is 0 Å². The van der Waals surface area contributed by atoms with Crippen LogP contribution in [-0.2, 0) is 11.0 Å². The smallest absolute Gasteiger partial charge is 0.418 e. The number of para-hydroxylation sites is 1. The quantitative estimate of drug-likeness (QED) is 0.578. The second-order valence-corrected chi connectivity index (χ2v) is 5.05. The average Bonchev–Trinajstić information content (AvgIpc) is 2.38. The van der Waals surface area contributed by atoms with Crippen LogP contribution in [0.15, 0.2) is 18.2 Å². The number of nitrogen functional groups attached to an aromatic ring is 1. The van der Waals surface area contributed by atoms with Crippen molar-refractivity contribution in [3.8, 4) is 0 Å². The first-order valence-electron chi connectivity index (χ1n) is 6.97. The lowest BCUT2D eigenvalue weighted by Crippen LogP contribution is -2.17. The fourth-order valence-electron chi connectivity index (χ4n) is 2.32. The van der Waals surface area contributed by atoms with Crippen LogP contribution in [0.1, 0.15) is 56.1 Å². The number of unbranched alkanes of at least 4 members (excludes halogenated alkanes) is 3. The summed E-state index contributed by atoms with van der Waals surface area (Å²) in [5, 5.41) is 9.26. The van der Waals surface area contributed by atoms with E-state index in [0.29, 0.717) is 12.8 Å². The third-order valence-electron chi connectivity index (χ3n) is 3.47. The Morgan fingerprint density at radius 3 is 2.48 bits per heavy atom. The van der Waals surface area contributed by atoms with Crippen molar-refractivity contribution in [2.45, 2.75) is 51.1 Å². The van der Waals surface area contributed by atoms with Crippen LogP contribution in [0.4, 0.5) is 18.9 Å². The Hall–Kier alpha value is -1.72. The molecule has 0 amide bonds. The highest BCUT2D eigenvalue weighted by Crippen LogP contribution is 2.38. The van der Waals surface area contributed by atoms with E-state index in [-0.39, 0.29) is 5.56 Å². The normalized spacial score (nSPS) is 13.1. The molecule has 0 aliphatic carbocycles. The molecule has 0 saturated carbocycles. The van der Waals surface area contributed by atoms with E-state index in [1.807, 2.05) is 6.92 Å². The third kappa shape index (κ3) is 4.65. The third-order valence-corrected chi connectivity index (χ3v) is 3.47. The van der Waals surface area contributed by atoms with Gasteiger partial charge in [-0.15, -0.1) is 0 Å². The van der Waals surface area contributed by atoms with Gasteiger partial charge in [-0.3, -0.25) is 4.79 Å². The number of nitrogens with two attached hydrogens (primary N) is 1. The highest BCUT2D eigenvalue weighted by Gasteiger charge is 2.35. The lowest BCUT2D eigenvalue weighted by Gasteiger charge is -2.18. The van der Waals surface area contributed by atoms with Crippen molar-refractivity contribution >= 4 is 11.7 Å². The Labute approximate surface area is 122 Å². The Balaban J connectivity index is 3.01. The molecule has 0 bridgehead atoms. The number of alkyl halides is 3. The number of benzene rings is 1. The minimum Gasteiger partial charge on any atom is -0.481 e. The monoisotopic (exact) mass is 303 g/mol. The Kier molecular flexibility index (Phi) is 6.05. The molecule has 0 saturated heterocycles. The summed E-state index contributed by atoms with van der Waals surface area (Å²) in [6, 6.07) is 3.44. The van der Waals surface area contributed by atoms with Gasteiger partial charge in [0.2, 0.25) is 0 Å². The summed E-state index contributed by atoms with van der Waals surface area (Å²) in [4.78, 5) is 11.3. The van der Waals surface area contributed by atoms with Crippen molar-refractivity contribution in [2.24, 2.45) is 0 Å². The van der Waals surface area contributed by atoms with E-state index < -0.39 is 29.3 Å². The topological polar surface area (TPSA) is 63.3 Å². The van der Waals surface area contributed by atoms with E-state index in [0.717, 1.165) is 25.3 Å². The maximum atomic E-state index is 12.8. The molecule has 1 atom stereocenters. The fourth-order valence-corrected chi connectivity index (χ4v) is 2.32. The van der Waals surface area contributed by atoms with Crippen LogP contribution in [-0.4, -0.2) is 11.1 Å². The second kappa shape index (κ2) is 7.33. The molecule has 21 heavy (non-hydrogen) atoms. The van der Waals surface area contributed by atoms with Crippen molar-refractivity contribution in [3.63, 3.8) is 0 Å². The zero-order chi connectivity index (χ0) is 16.0. The van der Waals surface area contributed by atoms with E-state index in [1.54, 1.807) is 0 Å². The predicted octanol–water partition coefficient (Wildman–Crippen LogP) is 4.43. The van der Waals surface area contributed by atoms with E-state index in [9.17, 15) is 23.1 Å². The number of anilines is 1. The second-order valence-electron chi connectivity index (χ2n) is 5.05. The first-order chi connectivity index (χ1) is 9.79. The van der Waals surface area contributed by atoms with E-state index in [2.05, 4.69) is 0 Å². The summed E-state index contributed by atoms with van der Waals surface area (Å²) in [7, 11) is 0. The van der Waals surface area contributed by atoms with Crippen LogP contribution in [0, 0.1) is 0 Å². The predicted molar refractivity (Wildman–Crippen MR) is 75.0 cm³/mol. The van der Waals surface area contributed by atoms with E-state index in [1.165, 1.54) is 12.1 Å². The molecule has 0 aliphatic rings. The number of hydrogen-bond donors (Lipinski definition) is 2. The van der Waals surface area contributed by atoms with Gasteiger partial charge in [0.15, 0.2) is 0 Å². The van der Waals surface area contributed by atoms with Gasteiger partial charge in [-0.2, -0.15) is 13.2 Å². The number of rotatable bonds is 7. The lowest BCUT2D eigenvalue weighted by atomic mass is 9.90. The summed E-state index contributed by atoms with van der Waals surface area (Å²) in [6.07, 6.45) is -0.792. The first kappa shape index (κ1) is 17.3. The lowest BCUT2D eigenvalue weighted by molar-refractivity contribution is -0.140. The molecule has 0 fully saturated rings. The molecular formula is C15H20F3NO2. The molecule has 0 aromatic heterocycles. The molecule has 1 unspecified atom stereocenters. The fraction of sp³-hybridized carbons (Fsp3) is 0.533. The van der Waals surface area contributed by atoms with Gasteiger partial charge in [0.1, 0.15) is 0 Å². The molecule has 1 rings (SSSR count). The van der Waals surface area contributed by atoms with Crippen LogP contribution in [0.3, 0.4) is 0 Å². The maximum Gasteiger partial charge on any atom is 0.418 e. The number of halogens is 3. The molecule has 0 radical (unpaired) electrons. The number of aliphatic carboxylic acids is 1. The Bertz CT molecular complexity index is 486. The first-order valence-corrected chi connectivity index (χ1v) is 6.97. The van der Waals surface area contributed by atoms with Crippen LogP contribution in [0.25, 0.3) is 0 Å². The number of hydrogen-bond acceptors (Lipinski definition) is 2. The van der Waals surface area contributed by atoms with Gasteiger partial charge < -0.3 is 10.8 Å². The van der Waals surface area contributed by atoms with Crippen molar-refractivity contribution < 1.29 is 23.1 Å². The van der Waals surface area contributed by atoms with Gasteiger partial charge in [0, 0.05) is 5.69 Å². The van der Waals surface area contributed by atoms with Crippen molar-refractivity contribution in [1.29, 1.82) is 0 Å². The number of carboxylic acid groups (broad SMARTS) is 1. The van der Waals surface area contributed by atoms with Gasteiger partial charge >= 0.3 is 12.1 Å². The molecule has 3 nitrogen and oxygen atoms in total. The SMILES string of the molecule is CCCCCCC(C(=O)O)c1cccc(C(F)(F)F)c1N. The van der Waals surface area contributed by atoms with Gasteiger partial charge in [0.25, 0.3) is 0 Å². The molecule has 0 aliphatic heterocycles. The summed E-state index contributed by atoms with van der Waals surface area (Å²) in [5.74, 6) is -2.14. The van der Waals surface area contributed by atoms with Crippen LogP contribution in [0.5, 0.6) is 0 Å².